The van der Waals surface area contributed by atoms with Gasteiger partial charge < -0.3 is 15.4 Å². The summed E-state index contributed by atoms with van der Waals surface area (Å²) in [5, 5.41) is 0. The van der Waals surface area contributed by atoms with Gasteiger partial charge >= 0.3 is 0 Å². The molecule has 0 aliphatic carbocycles. The average Bonchev–Trinajstić information content (AvgIpc) is 2.68. The van der Waals surface area contributed by atoms with Crippen molar-refractivity contribution in [1.82, 2.24) is 9.80 Å². The predicted octanol–water partition coefficient (Wildman–Crippen LogP) is 2.49. The molecular formula is C19H31Cl2N3O2. The van der Waals surface area contributed by atoms with Crippen LogP contribution in [0.3, 0.4) is 0 Å². The molecule has 2 aliphatic rings. The molecule has 2 fully saturated rings. The van der Waals surface area contributed by atoms with E-state index in [1.807, 2.05) is 42.2 Å². The number of amides is 1. The van der Waals surface area contributed by atoms with Crippen LogP contribution in [0.5, 0.6) is 0 Å². The van der Waals surface area contributed by atoms with Crippen LogP contribution < -0.4 is 5.73 Å². The van der Waals surface area contributed by atoms with E-state index >= 15 is 0 Å². The second kappa shape index (κ2) is 11.1. The number of nitrogens with zero attached hydrogens (tertiary/aromatic N) is 2. The highest BCUT2D eigenvalue weighted by Gasteiger charge is 2.31. The maximum absolute atomic E-state index is 12.8. The SMILES string of the molecule is CC(C(=O)N1CCN(C2CCOCC2)CC1)C(N)c1ccccc1.Cl.Cl. The third-order valence-corrected chi connectivity index (χ3v) is 5.45. The summed E-state index contributed by atoms with van der Waals surface area (Å²) in [6.45, 7) is 7.22. The Balaban J connectivity index is 0.00000169. The van der Waals surface area contributed by atoms with Crippen molar-refractivity contribution in [3.05, 3.63) is 35.9 Å². The summed E-state index contributed by atoms with van der Waals surface area (Å²) >= 11 is 0. The number of ether oxygens (including phenoxy) is 1. The summed E-state index contributed by atoms with van der Waals surface area (Å²) in [6, 6.07) is 10.3. The van der Waals surface area contributed by atoms with Gasteiger partial charge in [-0.2, -0.15) is 0 Å². The molecule has 2 aliphatic heterocycles. The highest BCUT2D eigenvalue weighted by molar-refractivity contribution is 5.85. The van der Waals surface area contributed by atoms with Crippen molar-refractivity contribution in [3.8, 4) is 0 Å². The van der Waals surface area contributed by atoms with Crippen molar-refractivity contribution in [2.75, 3.05) is 39.4 Å². The molecule has 5 nitrogen and oxygen atoms in total. The van der Waals surface area contributed by atoms with Crippen LogP contribution in [0, 0.1) is 5.92 Å². The Hall–Kier alpha value is -0.850. The maximum atomic E-state index is 12.8. The fraction of sp³-hybridized carbons (Fsp3) is 0.632. The first kappa shape index (κ1) is 23.2. The van der Waals surface area contributed by atoms with Gasteiger partial charge in [-0.15, -0.1) is 24.8 Å². The molecule has 0 spiro atoms. The highest BCUT2D eigenvalue weighted by atomic mass is 35.5. The first-order chi connectivity index (χ1) is 11.7. The zero-order valence-corrected chi connectivity index (χ0v) is 17.0. The zero-order valence-electron chi connectivity index (χ0n) is 15.4. The summed E-state index contributed by atoms with van der Waals surface area (Å²) in [5.41, 5.74) is 7.35. The topological polar surface area (TPSA) is 58.8 Å². The van der Waals surface area contributed by atoms with Crippen LogP contribution in [0.2, 0.25) is 0 Å². The van der Waals surface area contributed by atoms with Gasteiger partial charge in [0, 0.05) is 51.5 Å². The summed E-state index contributed by atoms with van der Waals surface area (Å²) in [5.74, 6) is -0.0139. The Morgan fingerprint density at radius 2 is 1.65 bits per heavy atom. The van der Waals surface area contributed by atoms with Crippen molar-refractivity contribution in [2.24, 2.45) is 11.7 Å². The Morgan fingerprint density at radius 3 is 2.23 bits per heavy atom. The normalized spacial score (nSPS) is 21.2. The van der Waals surface area contributed by atoms with Gasteiger partial charge in [-0.05, 0) is 18.4 Å². The van der Waals surface area contributed by atoms with Crippen LogP contribution in [0.25, 0.3) is 0 Å². The van der Waals surface area contributed by atoms with Crippen LogP contribution >= 0.6 is 24.8 Å². The quantitative estimate of drug-likeness (QED) is 0.838. The number of carbonyl (C=O) groups excluding carboxylic acids is 1. The smallest absolute Gasteiger partial charge is 0.227 e. The molecule has 2 unspecified atom stereocenters. The van der Waals surface area contributed by atoms with E-state index in [4.69, 9.17) is 10.5 Å². The third kappa shape index (κ3) is 5.57. The van der Waals surface area contributed by atoms with E-state index in [1.165, 1.54) is 0 Å². The number of rotatable bonds is 4. The fourth-order valence-corrected chi connectivity index (χ4v) is 3.76. The second-order valence-corrected chi connectivity index (χ2v) is 6.93. The van der Waals surface area contributed by atoms with Crippen molar-refractivity contribution in [1.29, 1.82) is 0 Å². The van der Waals surface area contributed by atoms with E-state index in [2.05, 4.69) is 4.90 Å². The number of nitrogens with two attached hydrogens (primary N) is 1. The highest BCUT2D eigenvalue weighted by Crippen LogP contribution is 2.23. The number of carbonyl (C=O) groups is 1. The van der Waals surface area contributed by atoms with Crippen LogP contribution in [0.1, 0.15) is 31.4 Å². The van der Waals surface area contributed by atoms with Gasteiger partial charge in [0.2, 0.25) is 5.91 Å². The minimum Gasteiger partial charge on any atom is -0.381 e. The van der Waals surface area contributed by atoms with E-state index in [9.17, 15) is 4.79 Å². The lowest BCUT2D eigenvalue weighted by molar-refractivity contribution is -0.138. The average molecular weight is 404 g/mol. The molecule has 0 bridgehead atoms. The van der Waals surface area contributed by atoms with E-state index < -0.39 is 0 Å². The van der Waals surface area contributed by atoms with Gasteiger partial charge in [-0.3, -0.25) is 9.69 Å². The summed E-state index contributed by atoms with van der Waals surface area (Å²) < 4.78 is 5.44. The van der Waals surface area contributed by atoms with Crippen LogP contribution in [-0.2, 0) is 9.53 Å². The minimum absolute atomic E-state index is 0. The van der Waals surface area contributed by atoms with Crippen LogP contribution in [-0.4, -0.2) is 61.1 Å². The van der Waals surface area contributed by atoms with Gasteiger partial charge in [0.15, 0.2) is 0 Å². The molecular weight excluding hydrogens is 373 g/mol. The molecule has 1 amide bonds. The minimum atomic E-state index is -0.243. The summed E-state index contributed by atoms with van der Waals surface area (Å²) in [4.78, 5) is 17.3. The number of halogens is 2. The van der Waals surface area contributed by atoms with E-state index in [0.29, 0.717) is 6.04 Å². The molecule has 26 heavy (non-hydrogen) atoms. The molecule has 1 aromatic carbocycles. The molecule has 2 saturated heterocycles. The third-order valence-electron chi connectivity index (χ3n) is 5.45. The number of hydrogen-bond acceptors (Lipinski definition) is 4. The molecule has 148 valence electrons. The van der Waals surface area contributed by atoms with Gasteiger partial charge in [0.05, 0.1) is 5.92 Å². The van der Waals surface area contributed by atoms with Crippen LogP contribution in [0.4, 0.5) is 0 Å². The molecule has 2 heterocycles. The summed E-state index contributed by atoms with van der Waals surface area (Å²) in [7, 11) is 0. The molecule has 7 heteroatoms. The fourth-order valence-electron chi connectivity index (χ4n) is 3.76. The van der Waals surface area contributed by atoms with Gasteiger partial charge in [0.25, 0.3) is 0 Å². The lowest BCUT2D eigenvalue weighted by Gasteiger charge is -2.41. The van der Waals surface area contributed by atoms with E-state index in [-0.39, 0.29) is 42.7 Å². The lowest BCUT2D eigenvalue weighted by atomic mass is 9.94. The monoisotopic (exact) mass is 403 g/mol. The van der Waals surface area contributed by atoms with Gasteiger partial charge in [0.1, 0.15) is 0 Å². The van der Waals surface area contributed by atoms with Gasteiger partial charge in [-0.25, -0.2) is 0 Å². The molecule has 0 radical (unpaired) electrons. The van der Waals surface area contributed by atoms with E-state index in [1.54, 1.807) is 0 Å². The molecule has 0 aromatic heterocycles. The number of benzene rings is 1. The number of hydrogen-bond donors (Lipinski definition) is 1. The molecule has 2 atom stereocenters. The Morgan fingerprint density at radius 1 is 1.08 bits per heavy atom. The largest absolute Gasteiger partial charge is 0.381 e. The first-order valence-electron chi connectivity index (χ1n) is 9.08. The molecule has 3 rings (SSSR count). The second-order valence-electron chi connectivity index (χ2n) is 6.93. The van der Waals surface area contributed by atoms with E-state index in [0.717, 1.165) is 57.8 Å². The first-order valence-corrected chi connectivity index (χ1v) is 9.08. The molecule has 1 aromatic rings. The Labute approximate surface area is 169 Å². The van der Waals surface area contributed by atoms with Crippen LogP contribution in [0.15, 0.2) is 30.3 Å². The molecule has 0 saturated carbocycles. The molecule has 2 N–H and O–H groups in total. The predicted molar refractivity (Wildman–Crippen MR) is 109 cm³/mol. The van der Waals surface area contributed by atoms with Gasteiger partial charge in [-0.1, -0.05) is 37.3 Å². The summed E-state index contributed by atoms with van der Waals surface area (Å²) in [6.07, 6.45) is 2.23. The maximum Gasteiger partial charge on any atom is 0.227 e. The lowest BCUT2D eigenvalue weighted by Crippen LogP contribution is -2.54. The Bertz CT molecular complexity index is 533. The standard InChI is InChI=1S/C19H29N3O2.2ClH/c1-15(18(20)16-5-3-2-4-6-16)19(23)22-11-9-21(10-12-22)17-7-13-24-14-8-17;;/h2-6,15,17-18H,7-14,20H2,1H3;2*1H. The van der Waals surface area contributed by atoms with Crippen molar-refractivity contribution < 1.29 is 9.53 Å². The number of piperazine rings is 1. The van der Waals surface area contributed by atoms with Crippen molar-refractivity contribution in [3.63, 3.8) is 0 Å². The van der Waals surface area contributed by atoms with Crippen molar-refractivity contribution in [2.45, 2.75) is 31.8 Å². The van der Waals surface area contributed by atoms with Crippen molar-refractivity contribution >= 4 is 30.7 Å². The zero-order chi connectivity index (χ0) is 16.9. The Kier molecular flexibility index (Phi) is 9.90.